The van der Waals surface area contributed by atoms with Crippen LogP contribution in [0.4, 0.5) is 0 Å². The zero-order valence-corrected chi connectivity index (χ0v) is 98.9. The van der Waals surface area contributed by atoms with Crippen LogP contribution in [0, 0.1) is 125 Å². The van der Waals surface area contributed by atoms with E-state index in [0.717, 1.165) is 101 Å². The fraction of sp³-hybridized carbons (Fsp3) is 0.519. The molecule has 7 aromatic carbocycles. The molecule has 798 valence electrons. The quantitative estimate of drug-likeness (QED) is 0.0332. The number of pyridine rings is 1. The van der Waals surface area contributed by atoms with Gasteiger partial charge in [0, 0.05) is 52.5 Å². The molecule has 0 aliphatic carbocycles. The van der Waals surface area contributed by atoms with Crippen LogP contribution in [0.2, 0.25) is 0 Å². The van der Waals surface area contributed by atoms with Crippen molar-refractivity contribution in [1.82, 2.24) is 64.8 Å². The Balaban J connectivity index is 0.000000253. The maximum absolute atomic E-state index is 4.91. The van der Waals surface area contributed by atoms with Crippen LogP contribution >= 0.6 is 0 Å². The maximum atomic E-state index is 4.91. The highest BCUT2D eigenvalue weighted by Gasteiger charge is 2.22. The summed E-state index contributed by atoms with van der Waals surface area (Å²) in [5, 5.41) is 0. The number of rotatable bonds is 43. The predicted octanol–water partition coefficient (Wildman–Crippen LogP) is 37.3. The molecule has 148 heavy (non-hydrogen) atoms. The molecule has 0 aliphatic heterocycles. The smallest absolute Gasteiger partial charge is 0.201 e. The topological polar surface area (TPSA) is 168 Å². The maximum Gasteiger partial charge on any atom is 0.201 e. The van der Waals surface area contributed by atoms with Gasteiger partial charge in [0.15, 0.2) is 34.9 Å². The molecule has 0 N–H and O–H groups in total. The summed E-state index contributed by atoms with van der Waals surface area (Å²) < 4.78 is 0. The number of nitrogens with zero attached hydrogens (tertiary/aromatic N) is 13. The van der Waals surface area contributed by atoms with Gasteiger partial charge in [-0.1, -0.05) is 323 Å². The van der Waals surface area contributed by atoms with Crippen molar-refractivity contribution in [2.75, 3.05) is 0 Å². The van der Waals surface area contributed by atoms with Gasteiger partial charge in [-0.2, -0.15) is 0 Å². The molecule has 0 radical (unpaired) electrons. The second-order valence-corrected chi connectivity index (χ2v) is 42.7. The summed E-state index contributed by atoms with van der Waals surface area (Å²) in [6.45, 7) is 72.0. The zero-order chi connectivity index (χ0) is 108. The number of aromatic nitrogens is 13. The van der Waals surface area contributed by atoms with Gasteiger partial charge in [0.1, 0.15) is 5.69 Å². The fourth-order valence-electron chi connectivity index (χ4n) is 19.1. The molecule has 0 aliphatic rings. The van der Waals surface area contributed by atoms with Crippen LogP contribution in [0.15, 0.2) is 134 Å². The molecule has 0 fully saturated rings. The molecule has 0 amide bonds. The first-order chi connectivity index (χ1) is 71.0. The van der Waals surface area contributed by atoms with Crippen LogP contribution in [0.1, 0.15) is 443 Å². The second kappa shape index (κ2) is 65.8. The van der Waals surface area contributed by atoms with Crippen molar-refractivity contribution in [2.24, 2.45) is 0 Å². The third-order valence-electron chi connectivity index (χ3n) is 29.3. The van der Waals surface area contributed by atoms with Crippen LogP contribution in [0.5, 0.6) is 0 Å². The number of hydrogen-bond acceptors (Lipinski definition) is 13. The monoisotopic (exact) mass is 2000 g/mol. The molecule has 0 saturated carbocycles. The first kappa shape index (κ1) is 124. The molecule has 6 aromatic heterocycles. The Bertz CT molecular complexity index is 5860. The van der Waals surface area contributed by atoms with Gasteiger partial charge < -0.3 is 0 Å². The van der Waals surface area contributed by atoms with E-state index in [-0.39, 0.29) is 0 Å². The largest absolute Gasteiger partial charge is 0.249 e. The van der Waals surface area contributed by atoms with Crippen molar-refractivity contribution >= 4 is 0 Å². The number of hydrogen-bond donors (Lipinski definition) is 0. The first-order valence-corrected chi connectivity index (χ1v) is 57.6. The van der Waals surface area contributed by atoms with Gasteiger partial charge in [-0.05, 0) is 408 Å². The summed E-state index contributed by atoms with van der Waals surface area (Å²) in [5.41, 5.74) is 44.3. The minimum atomic E-state index is 0.433. The lowest BCUT2D eigenvalue weighted by Crippen LogP contribution is -2.06. The van der Waals surface area contributed by atoms with Crippen molar-refractivity contribution in [3.63, 3.8) is 0 Å². The molecule has 0 bridgehead atoms. The Kier molecular flexibility index (Phi) is 55.1. The minimum Gasteiger partial charge on any atom is -0.249 e. The third-order valence-corrected chi connectivity index (χ3v) is 29.3. The lowest BCUT2D eigenvalue weighted by molar-refractivity contribution is 0.556. The Morgan fingerprint density at radius 2 is 0.507 bits per heavy atom. The minimum absolute atomic E-state index is 0.433. The SMILES string of the molecule is CCCCCCCCCCCCc1ccc(-c2nc(-c3ccc(C)c(CC)n3)nc(-c3ncc(C)c(CC)n3)n2)cc1.CCCCCCc1cc(CCCCCC)cc(-c2nc(-c3ncc(C)c(C)n3)nc(-c3ncc(C)c(C)n3)n2)c1.CCCCc1cc(C)c(CCCC)cc1C.CCCc1cc(C)c(CCC)cc1C.CCc1cc(C)c(CC)cc1C.Cc1cc(C(C)C)c(C)cc1C(C)C.Cc1cc(C)c(C)cc1C. The molecule has 0 saturated heterocycles. The van der Waals surface area contributed by atoms with Gasteiger partial charge in [0.25, 0.3) is 0 Å². The van der Waals surface area contributed by atoms with Crippen LogP contribution in [-0.2, 0) is 70.6 Å². The Labute approximate surface area is 900 Å². The summed E-state index contributed by atoms with van der Waals surface area (Å²) in [4.78, 5) is 61.8. The highest BCUT2D eigenvalue weighted by molar-refractivity contribution is 5.65. The Hall–Kier alpha value is -11.1. The molecule has 13 heteroatoms. The van der Waals surface area contributed by atoms with E-state index < -0.39 is 0 Å². The van der Waals surface area contributed by atoms with Crippen molar-refractivity contribution in [2.45, 2.75) is 465 Å². The summed E-state index contributed by atoms with van der Waals surface area (Å²) >= 11 is 0. The molecule has 13 aromatic rings. The van der Waals surface area contributed by atoms with Crippen LogP contribution in [-0.4, -0.2) is 64.8 Å². The van der Waals surface area contributed by atoms with Gasteiger partial charge in [-0.15, -0.1) is 0 Å². The molecule has 0 spiro atoms. The van der Waals surface area contributed by atoms with E-state index in [1.54, 1.807) is 11.1 Å². The van der Waals surface area contributed by atoms with Crippen LogP contribution in [0.3, 0.4) is 0 Å². The van der Waals surface area contributed by atoms with Crippen molar-refractivity contribution < 1.29 is 0 Å². The molecule has 0 unspecified atom stereocenters. The van der Waals surface area contributed by atoms with Crippen molar-refractivity contribution in [3.05, 3.63) is 307 Å². The Morgan fingerprint density at radius 3 is 0.878 bits per heavy atom. The van der Waals surface area contributed by atoms with Gasteiger partial charge in [0.05, 0.1) is 0 Å². The number of benzene rings is 7. The molecule has 13 nitrogen and oxygen atoms in total. The van der Waals surface area contributed by atoms with E-state index in [1.807, 2.05) is 59.3 Å². The van der Waals surface area contributed by atoms with Crippen molar-refractivity contribution in [1.29, 1.82) is 0 Å². The molecule has 0 atom stereocenters. The van der Waals surface area contributed by atoms with Gasteiger partial charge in [-0.3, -0.25) is 0 Å². The zero-order valence-electron chi connectivity index (χ0n) is 98.9. The molecule has 6 heterocycles. The lowest BCUT2D eigenvalue weighted by atomic mass is 9.89. The average Bonchev–Trinajstić information content (AvgIpc) is 0.787. The first-order valence-electron chi connectivity index (χ1n) is 57.6. The average molecular weight is 2000 g/mol. The summed E-state index contributed by atoms with van der Waals surface area (Å²) in [6, 6.07) is 43.0. The second-order valence-electron chi connectivity index (χ2n) is 42.7. The van der Waals surface area contributed by atoms with E-state index in [2.05, 4.69) is 318 Å². The number of aryl methyl sites for hydroxylation is 29. The van der Waals surface area contributed by atoms with E-state index in [0.29, 0.717) is 64.3 Å². The third kappa shape index (κ3) is 40.4. The Morgan fingerprint density at radius 1 is 0.189 bits per heavy atom. The van der Waals surface area contributed by atoms with E-state index >= 15 is 0 Å². The van der Waals surface area contributed by atoms with Crippen molar-refractivity contribution in [3.8, 4) is 69.2 Å². The van der Waals surface area contributed by atoms with Gasteiger partial charge in [0.2, 0.25) is 17.5 Å². The predicted molar refractivity (Wildman–Crippen MR) is 636 cm³/mol. The van der Waals surface area contributed by atoms with E-state index in [9.17, 15) is 0 Å². The molecular formula is C135H193N13. The lowest BCUT2D eigenvalue weighted by Gasteiger charge is -2.16. The van der Waals surface area contributed by atoms with Gasteiger partial charge in [-0.25, -0.2) is 64.8 Å². The number of unbranched alkanes of at least 4 members (excludes halogenated alkanes) is 17. The fourth-order valence-corrected chi connectivity index (χ4v) is 19.1. The molecular weight excluding hydrogens is 1800 g/mol. The van der Waals surface area contributed by atoms with Crippen LogP contribution < -0.4 is 0 Å². The normalized spacial score (nSPS) is 11.0. The highest BCUT2D eigenvalue weighted by Crippen LogP contribution is 2.33. The van der Waals surface area contributed by atoms with E-state index in [4.69, 9.17) is 49.8 Å². The van der Waals surface area contributed by atoms with E-state index in [1.165, 1.54) is 302 Å². The highest BCUT2D eigenvalue weighted by atomic mass is 15.1. The van der Waals surface area contributed by atoms with Gasteiger partial charge >= 0.3 is 0 Å². The summed E-state index contributed by atoms with van der Waals surface area (Å²) in [7, 11) is 0. The van der Waals surface area contributed by atoms with Crippen LogP contribution in [0.25, 0.3) is 69.2 Å². The standard InChI is InChI=1S/C36H48N6.C33H43N7.C16H26.2C14H22.C12H18.C10H14/c1-6-9-10-11-12-13-14-15-16-17-18-28-20-22-29(23-21-28)33-40-34(32-24-19-26(4)30(7-2)38-32)42-36(41-33)35-37-25-27(5)31(8-3)39-35;1-7-9-11-13-15-26-17-27(16-14-12-10-8-2)19-28(18-26)29-38-32(30-34-20-22(3)24(5)36-30)40-33(39-29)31-35-21-23(4)25(6)37-31;1-5-7-9-15-11-14(4)16(10-8-6-2)12-13(15)3;1-9(2)13-7-12(6)14(10(3)4)8-11(13)5;1-5-7-13-9-12(4)14(8-6-2)10-11(13)3;1-5-11-7-10(4)12(6-2)8-9(11)3;1-7-5-9(3)10(4)6-8(7)2/h19-25H,6-18H2,1-5H3;17-21H,7-16H2,1-6H3;11-12H,5-10H2,1-4H3;7-10H,1-6H3;9-10H,5-8H2,1-4H3;7-8H,5-6H2,1-4H3;5-6H,1-4H3. The molecule has 13 rings (SSSR count). The summed E-state index contributed by atoms with van der Waals surface area (Å²) in [6.07, 6.45) is 48.8. The summed E-state index contributed by atoms with van der Waals surface area (Å²) in [5.74, 6) is 5.84.